The molecule has 0 fully saturated rings. The Hall–Kier alpha value is -3.79. The average Bonchev–Trinajstić information content (AvgIpc) is 2.87. The Kier molecular flexibility index (Phi) is 10.3. The summed E-state index contributed by atoms with van der Waals surface area (Å²) >= 11 is 0. The number of rotatable bonds is 11. The van der Waals surface area contributed by atoms with E-state index in [4.69, 9.17) is 14.2 Å². The van der Waals surface area contributed by atoms with E-state index in [0.717, 1.165) is 4.31 Å². The van der Waals surface area contributed by atoms with Crippen molar-refractivity contribution in [2.45, 2.75) is 17.9 Å². The molecule has 0 bridgehead atoms. The van der Waals surface area contributed by atoms with E-state index >= 15 is 0 Å². The van der Waals surface area contributed by atoms with Crippen LogP contribution >= 0.6 is 0 Å². The number of benzene rings is 2. The molecule has 188 valence electrons. The van der Waals surface area contributed by atoms with Crippen molar-refractivity contribution >= 4 is 22.0 Å². The number of nitrogens with one attached hydrogen (secondary N) is 2. The molecule has 2 amide bonds. The lowest BCUT2D eigenvalue weighted by Gasteiger charge is -2.26. The monoisotopic (exact) mass is 505 g/mol. The highest BCUT2D eigenvalue weighted by Crippen LogP contribution is 2.28. The van der Waals surface area contributed by atoms with Crippen LogP contribution in [0.5, 0.6) is 11.5 Å². The summed E-state index contributed by atoms with van der Waals surface area (Å²) in [5.74, 6) is 5.34. The molecule has 0 heterocycles. The van der Waals surface area contributed by atoms with Gasteiger partial charge in [-0.2, -0.15) is 4.31 Å². The highest BCUT2D eigenvalue weighted by Gasteiger charge is 2.34. The number of likely N-dealkylation sites (N-methyl/N-ethyl adjacent to an activating group) is 1. The number of hydroxylamine groups is 1. The van der Waals surface area contributed by atoms with Gasteiger partial charge < -0.3 is 19.5 Å². The van der Waals surface area contributed by atoms with E-state index in [0.29, 0.717) is 11.5 Å². The van der Waals surface area contributed by atoms with Gasteiger partial charge in [0.2, 0.25) is 10.0 Å². The number of hydrogen-bond donors (Lipinski definition) is 3. The van der Waals surface area contributed by atoms with Crippen molar-refractivity contribution in [3.05, 3.63) is 54.1 Å². The Labute approximate surface area is 204 Å². The lowest BCUT2D eigenvalue weighted by atomic mass is 10.1. The lowest BCUT2D eigenvalue weighted by molar-refractivity contribution is -0.133. The molecule has 0 saturated carbocycles. The lowest BCUT2D eigenvalue weighted by Crippen LogP contribution is -2.40. The molecule has 1 unspecified atom stereocenters. The Morgan fingerprint density at radius 2 is 1.63 bits per heavy atom. The first-order valence-corrected chi connectivity index (χ1v) is 11.8. The molecular formula is C23H27N3O8S. The number of sulfonamides is 1. The Morgan fingerprint density at radius 1 is 1.03 bits per heavy atom. The van der Waals surface area contributed by atoms with Crippen molar-refractivity contribution in [3.8, 4) is 23.3 Å². The minimum absolute atomic E-state index is 0.0216. The van der Waals surface area contributed by atoms with Crippen LogP contribution in [-0.2, 0) is 19.6 Å². The quantitative estimate of drug-likeness (QED) is 0.181. The van der Waals surface area contributed by atoms with Crippen LogP contribution in [0.2, 0.25) is 0 Å². The molecule has 2 aromatic carbocycles. The Bertz CT molecular complexity index is 1160. The third-order valence-electron chi connectivity index (χ3n) is 4.70. The normalized spacial score (nSPS) is 11.6. The van der Waals surface area contributed by atoms with Gasteiger partial charge in [0.25, 0.3) is 5.91 Å². The van der Waals surface area contributed by atoms with Gasteiger partial charge in [-0.05, 0) is 48.9 Å². The molecule has 11 nitrogen and oxygen atoms in total. The minimum Gasteiger partial charge on any atom is -0.490 e. The number of ether oxygens (including phenoxy) is 3. The second kappa shape index (κ2) is 13.2. The third kappa shape index (κ3) is 7.61. The fourth-order valence-electron chi connectivity index (χ4n) is 2.90. The molecule has 0 radical (unpaired) electrons. The molecule has 35 heavy (non-hydrogen) atoms. The molecule has 0 aliphatic rings. The predicted molar refractivity (Wildman–Crippen MR) is 125 cm³/mol. The summed E-state index contributed by atoms with van der Waals surface area (Å²) in [7, 11) is -1.46. The number of carbonyl (C=O) groups is 2. The molecular weight excluding hydrogens is 478 g/mol. The van der Waals surface area contributed by atoms with Crippen LogP contribution < -0.4 is 20.3 Å². The van der Waals surface area contributed by atoms with Gasteiger partial charge in [0.15, 0.2) is 0 Å². The summed E-state index contributed by atoms with van der Waals surface area (Å²) < 4.78 is 42.9. The van der Waals surface area contributed by atoms with Crippen molar-refractivity contribution in [3.63, 3.8) is 0 Å². The van der Waals surface area contributed by atoms with E-state index in [2.05, 4.69) is 17.2 Å². The zero-order valence-corrected chi connectivity index (χ0v) is 20.3. The molecule has 0 aliphatic carbocycles. The highest BCUT2D eigenvalue weighted by atomic mass is 32.2. The largest absolute Gasteiger partial charge is 0.490 e. The molecule has 0 saturated heterocycles. The van der Waals surface area contributed by atoms with Crippen molar-refractivity contribution in [2.75, 3.05) is 33.9 Å². The number of hydrogen-bond acceptors (Lipinski definition) is 8. The van der Waals surface area contributed by atoms with Gasteiger partial charge >= 0.3 is 6.09 Å². The predicted octanol–water partition coefficient (Wildman–Crippen LogP) is 1.69. The zero-order valence-electron chi connectivity index (χ0n) is 19.5. The van der Waals surface area contributed by atoms with Gasteiger partial charge in [0.05, 0.1) is 4.90 Å². The summed E-state index contributed by atoms with van der Waals surface area (Å²) in [6.07, 6.45) is -0.584. The molecule has 3 N–H and O–H groups in total. The average molecular weight is 506 g/mol. The maximum absolute atomic E-state index is 13.2. The smallest absolute Gasteiger partial charge is 0.406 e. The van der Waals surface area contributed by atoms with Crippen molar-refractivity contribution < 1.29 is 37.4 Å². The van der Waals surface area contributed by atoms with Gasteiger partial charge in [0.1, 0.15) is 37.4 Å². The number of carbonyl (C=O) groups excluding carboxylic acids is 2. The van der Waals surface area contributed by atoms with Crippen LogP contribution in [0.15, 0.2) is 53.4 Å². The first-order valence-electron chi connectivity index (χ1n) is 10.4. The topological polar surface area (TPSA) is 144 Å². The Balaban J connectivity index is 2.17. The van der Waals surface area contributed by atoms with E-state index in [9.17, 15) is 23.2 Å². The van der Waals surface area contributed by atoms with Gasteiger partial charge in [-0.1, -0.05) is 18.1 Å². The number of amides is 2. The SMILES string of the molecule is CC#CCOc1ccc(S(=O)(=O)N(C)C(C(=O)NO)c2ccc(OCCOC(=O)NC)cc2)cc1. The van der Waals surface area contributed by atoms with Gasteiger partial charge in [-0.25, -0.2) is 18.7 Å². The van der Waals surface area contributed by atoms with Gasteiger partial charge in [-0.3, -0.25) is 10.0 Å². The fraction of sp³-hybridized carbons (Fsp3) is 0.304. The van der Waals surface area contributed by atoms with Crippen LogP contribution in [0, 0.1) is 11.8 Å². The molecule has 0 spiro atoms. The minimum atomic E-state index is -4.13. The molecule has 0 aromatic heterocycles. The summed E-state index contributed by atoms with van der Waals surface area (Å²) in [6, 6.07) is 10.3. The van der Waals surface area contributed by atoms with Gasteiger partial charge in [-0.15, -0.1) is 5.92 Å². The Morgan fingerprint density at radius 3 is 2.20 bits per heavy atom. The second-order valence-electron chi connectivity index (χ2n) is 6.89. The van der Waals surface area contributed by atoms with Crippen LogP contribution in [-0.4, -0.2) is 63.8 Å². The number of nitrogens with zero attached hydrogens (tertiary/aromatic N) is 1. The maximum atomic E-state index is 13.2. The van der Waals surface area contributed by atoms with E-state index in [1.54, 1.807) is 6.92 Å². The standard InChI is InChI=1S/C23H27N3O8S/c1-4-5-14-32-19-10-12-20(13-11-19)35(30,31)26(3)21(22(27)25-29)17-6-8-18(9-7-17)33-15-16-34-23(28)24-2/h6-13,21,29H,14-16H2,1-3H3,(H,24,28)(H,25,27). The van der Waals surface area contributed by atoms with E-state index < -0.39 is 28.1 Å². The molecule has 12 heteroatoms. The van der Waals surface area contributed by atoms with Crippen molar-refractivity contribution in [1.82, 2.24) is 15.1 Å². The third-order valence-corrected chi connectivity index (χ3v) is 6.53. The van der Waals surface area contributed by atoms with Crippen molar-refractivity contribution in [1.29, 1.82) is 0 Å². The van der Waals surface area contributed by atoms with E-state index in [1.807, 2.05) is 0 Å². The summed E-state index contributed by atoms with van der Waals surface area (Å²) in [6.45, 7) is 1.96. The molecule has 0 aliphatic heterocycles. The summed E-state index contributed by atoms with van der Waals surface area (Å²) in [4.78, 5) is 23.4. The van der Waals surface area contributed by atoms with Gasteiger partial charge in [0, 0.05) is 14.1 Å². The second-order valence-corrected chi connectivity index (χ2v) is 8.89. The fourth-order valence-corrected chi connectivity index (χ4v) is 4.21. The molecule has 1 atom stereocenters. The van der Waals surface area contributed by atoms with E-state index in [1.165, 1.54) is 68.1 Å². The highest BCUT2D eigenvalue weighted by molar-refractivity contribution is 7.89. The first-order chi connectivity index (χ1) is 16.7. The summed E-state index contributed by atoms with van der Waals surface area (Å²) in [5.41, 5.74) is 1.80. The zero-order chi connectivity index (χ0) is 25.8. The summed E-state index contributed by atoms with van der Waals surface area (Å²) in [5, 5.41) is 11.5. The van der Waals surface area contributed by atoms with Crippen LogP contribution in [0.25, 0.3) is 0 Å². The molecule has 2 aromatic rings. The van der Waals surface area contributed by atoms with Crippen LogP contribution in [0.4, 0.5) is 4.79 Å². The first kappa shape index (κ1) is 27.5. The van der Waals surface area contributed by atoms with E-state index in [-0.39, 0.29) is 30.3 Å². The molecule has 2 rings (SSSR count). The van der Waals surface area contributed by atoms with Crippen LogP contribution in [0.3, 0.4) is 0 Å². The number of alkyl carbamates (subject to hydrolysis) is 1. The van der Waals surface area contributed by atoms with Crippen molar-refractivity contribution in [2.24, 2.45) is 0 Å². The van der Waals surface area contributed by atoms with Crippen LogP contribution in [0.1, 0.15) is 18.5 Å². The maximum Gasteiger partial charge on any atom is 0.406 e.